The minimum absolute atomic E-state index is 0.201. The Labute approximate surface area is 271 Å². The van der Waals surface area contributed by atoms with E-state index in [0.717, 1.165) is 33.6 Å². The molecule has 0 fully saturated rings. The van der Waals surface area contributed by atoms with Crippen molar-refractivity contribution in [2.24, 2.45) is 9.98 Å². The minimum Gasteiger partial charge on any atom is -0.320 e. The molecular weight excluding hydrogens is 580 g/mol. The molecule has 0 radical (unpaired) electrons. The first kappa shape index (κ1) is 27.0. The molecule has 6 heteroatoms. The number of amides is 2. The molecular formula is C41H26N4O2. The van der Waals surface area contributed by atoms with Gasteiger partial charge in [0.2, 0.25) is 0 Å². The molecule has 0 unspecified atom stereocenters. The van der Waals surface area contributed by atoms with Gasteiger partial charge in [0.15, 0.2) is 0 Å². The van der Waals surface area contributed by atoms with Crippen LogP contribution in [0.2, 0.25) is 0 Å². The summed E-state index contributed by atoms with van der Waals surface area (Å²) in [6.45, 7) is 0. The van der Waals surface area contributed by atoms with Crippen LogP contribution in [-0.2, 0) is 15.0 Å². The highest BCUT2D eigenvalue weighted by atomic mass is 16.2. The highest BCUT2D eigenvalue weighted by Crippen LogP contribution is 2.56. The first-order chi connectivity index (χ1) is 23.1. The zero-order valence-corrected chi connectivity index (χ0v) is 25.1. The maximum Gasteiger partial charge on any atom is 0.275 e. The molecule has 9 rings (SSSR count). The van der Waals surface area contributed by atoms with Crippen LogP contribution in [0.3, 0.4) is 0 Å². The molecule has 2 aliphatic heterocycles. The summed E-state index contributed by atoms with van der Waals surface area (Å²) in [5.41, 5.74) is 11.7. The molecule has 0 spiro atoms. The van der Waals surface area contributed by atoms with Crippen LogP contribution < -0.4 is 10.6 Å². The Morgan fingerprint density at radius 3 is 1.19 bits per heavy atom. The Balaban J connectivity index is 1.18. The van der Waals surface area contributed by atoms with E-state index in [9.17, 15) is 9.59 Å². The van der Waals surface area contributed by atoms with E-state index in [-0.39, 0.29) is 11.8 Å². The fraction of sp³-hybridized carbons (Fsp3) is 0.0244. The normalized spacial score (nSPS) is 16.8. The number of carbonyl (C=O) groups is 2. The van der Waals surface area contributed by atoms with E-state index in [1.807, 2.05) is 72.8 Å². The number of para-hydroxylation sites is 2. The number of fused-ring (bicyclic) bond motifs is 5. The smallest absolute Gasteiger partial charge is 0.275 e. The molecule has 3 aliphatic rings. The van der Waals surface area contributed by atoms with E-state index in [0.29, 0.717) is 22.8 Å². The van der Waals surface area contributed by atoms with E-state index in [2.05, 4.69) is 83.4 Å². The van der Waals surface area contributed by atoms with Crippen LogP contribution in [0.5, 0.6) is 0 Å². The molecule has 6 aromatic rings. The molecule has 2 amide bonds. The van der Waals surface area contributed by atoms with E-state index >= 15 is 0 Å². The maximum absolute atomic E-state index is 12.8. The Bertz CT molecular complexity index is 2170. The summed E-state index contributed by atoms with van der Waals surface area (Å²) in [6, 6.07) is 48.7. The third-order valence-corrected chi connectivity index (χ3v) is 9.33. The Kier molecular flexibility index (Phi) is 5.92. The molecule has 0 saturated carbocycles. The zero-order valence-electron chi connectivity index (χ0n) is 25.1. The summed E-state index contributed by atoms with van der Waals surface area (Å²) in [5.74, 6) is -0.403. The van der Waals surface area contributed by atoms with Crippen LogP contribution in [0.15, 0.2) is 156 Å². The Hall–Kier alpha value is -6.40. The third-order valence-electron chi connectivity index (χ3n) is 9.33. The van der Waals surface area contributed by atoms with Gasteiger partial charge >= 0.3 is 0 Å². The number of benzene rings is 6. The van der Waals surface area contributed by atoms with Gasteiger partial charge in [0, 0.05) is 11.1 Å². The lowest BCUT2D eigenvalue weighted by Gasteiger charge is -2.34. The van der Waals surface area contributed by atoms with Gasteiger partial charge in [-0.3, -0.25) is 9.59 Å². The second-order valence-corrected chi connectivity index (χ2v) is 11.9. The quantitative estimate of drug-likeness (QED) is 0.212. The van der Waals surface area contributed by atoms with Crippen molar-refractivity contribution in [3.8, 4) is 11.1 Å². The van der Waals surface area contributed by atoms with Crippen molar-refractivity contribution in [3.05, 3.63) is 179 Å². The highest BCUT2D eigenvalue weighted by molar-refractivity contribution is 6.54. The molecule has 222 valence electrons. The molecule has 47 heavy (non-hydrogen) atoms. The summed E-state index contributed by atoms with van der Waals surface area (Å²) in [6.07, 6.45) is 0. The van der Waals surface area contributed by atoms with Gasteiger partial charge in [0.1, 0.15) is 11.4 Å². The van der Waals surface area contributed by atoms with Crippen LogP contribution >= 0.6 is 0 Å². The number of hydrogen-bond acceptors (Lipinski definition) is 4. The summed E-state index contributed by atoms with van der Waals surface area (Å²) < 4.78 is 0. The molecule has 0 saturated heterocycles. The first-order valence-corrected chi connectivity index (χ1v) is 15.5. The van der Waals surface area contributed by atoms with Crippen molar-refractivity contribution in [1.29, 1.82) is 0 Å². The standard InChI is InChI=1S/C41H26N4O2/c46-39-37(31-11-3-7-15-35(31)44-39)42-27-21-17-25(18-22-27)41(33-13-5-1-9-29(33)30-10-2-6-14-34(30)41)26-19-23-28(24-20-26)43-38-32-12-4-8-16-36(32)45-40(38)47/h1-24H,(H,42,44,46)(H,43,45,47). The lowest BCUT2D eigenvalue weighted by atomic mass is 9.67. The topological polar surface area (TPSA) is 82.9 Å². The van der Waals surface area contributed by atoms with Crippen molar-refractivity contribution in [1.82, 2.24) is 0 Å². The number of carbonyl (C=O) groups excluding carboxylic acids is 2. The molecule has 6 aromatic carbocycles. The van der Waals surface area contributed by atoms with Crippen molar-refractivity contribution in [3.63, 3.8) is 0 Å². The van der Waals surface area contributed by atoms with E-state index in [4.69, 9.17) is 9.98 Å². The van der Waals surface area contributed by atoms with Crippen molar-refractivity contribution < 1.29 is 9.59 Å². The molecule has 1 aliphatic carbocycles. The van der Waals surface area contributed by atoms with Crippen molar-refractivity contribution in [2.75, 3.05) is 10.6 Å². The number of hydrogen-bond donors (Lipinski definition) is 2. The molecule has 0 aromatic heterocycles. The predicted octanol–water partition coefficient (Wildman–Crippen LogP) is 8.20. The van der Waals surface area contributed by atoms with Crippen LogP contribution in [0.1, 0.15) is 33.4 Å². The largest absolute Gasteiger partial charge is 0.320 e. The van der Waals surface area contributed by atoms with Gasteiger partial charge in [-0.05, 0) is 69.8 Å². The maximum atomic E-state index is 12.8. The lowest BCUT2D eigenvalue weighted by Crippen LogP contribution is -2.28. The minimum atomic E-state index is -0.612. The SMILES string of the molecule is O=C1Nc2ccccc2C1=Nc1ccc(C2(c3ccc(N=C4C(=O)Nc5ccccc54)cc3)c3ccccc3-c3ccccc32)cc1. The number of nitrogens with zero attached hydrogens (tertiary/aromatic N) is 2. The second-order valence-electron chi connectivity index (χ2n) is 11.9. The summed E-state index contributed by atoms with van der Waals surface area (Å²) in [4.78, 5) is 35.1. The van der Waals surface area contributed by atoms with Gasteiger partial charge < -0.3 is 10.6 Å². The number of nitrogens with one attached hydrogen (secondary N) is 2. The number of anilines is 2. The Morgan fingerprint density at radius 1 is 0.404 bits per heavy atom. The molecule has 2 N–H and O–H groups in total. The Morgan fingerprint density at radius 2 is 0.766 bits per heavy atom. The van der Waals surface area contributed by atoms with Gasteiger partial charge in [-0.25, -0.2) is 9.98 Å². The lowest BCUT2D eigenvalue weighted by molar-refractivity contribution is -0.110. The van der Waals surface area contributed by atoms with Gasteiger partial charge in [0.25, 0.3) is 11.8 Å². The fourth-order valence-corrected chi connectivity index (χ4v) is 7.28. The summed E-state index contributed by atoms with van der Waals surface area (Å²) in [5, 5.41) is 5.81. The van der Waals surface area contributed by atoms with Crippen molar-refractivity contribution >= 4 is 46.0 Å². The van der Waals surface area contributed by atoms with Gasteiger partial charge in [-0.2, -0.15) is 0 Å². The first-order valence-electron chi connectivity index (χ1n) is 15.5. The summed E-state index contributed by atoms with van der Waals surface area (Å²) in [7, 11) is 0. The zero-order chi connectivity index (χ0) is 31.5. The molecule has 0 atom stereocenters. The fourth-order valence-electron chi connectivity index (χ4n) is 7.28. The molecule has 0 bridgehead atoms. The van der Waals surface area contributed by atoms with Crippen LogP contribution in [0, 0.1) is 0 Å². The van der Waals surface area contributed by atoms with Gasteiger partial charge in [0.05, 0.1) is 28.2 Å². The highest BCUT2D eigenvalue weighted by Gasteiger charge is 2.45. The molecule has 2 heterocycles. The van der Waals surface area contributed by atoms with Gasteiger partial charge in [-0.15, -0.1) is 0 Å². The van der Waals surface area contributed by atoms with Crippen molar-refractivity contribution in [2.45, 2.75) is 5.41 Å². The van der Waals surface area contributed by atoms with E-state index in [1.54, 1.807) is 0 Å². The molecule has 6 nitrogen and oxygen atoms in total. The average Bonchev–Trinajstić information content (AvgIpc) is 3.72. The van der Waals surface area contributed by atoms with E-state index < -0.39 is 5.41 Å². The van der Waals surface area contributed by atoms with Crippen LogP contribution in [0.25, 0.3) is 11.1 Å². The second kappa shape index (κ2) is 10.3. The van der Waals surface area contributed by atoms with E-state index in [1.165, 1.54) is 22.3 Å². The third kappa shape index (κ3) is 4.05. The monoisotopic (exact) mass is 606 g/mol. The van der Waals surface area contributed by atoms with Gasteiger partial charge in [-0.1, -0.05) is 109 Å². The van der Waals surface area contributed by atoms with Crippen LogP contribution in [-0.4, -0.2) is 23.2 Å². The number of rotatable bonds is 4. The summed E-state index contributed by atoms with van der Waals surface area (Å²) >= 11 is 0. The average molecular weight is 607 g/mol. The number of aliphatic imine (C=N–C) groups is 2. The predicted molar refractivity (Wildman–Crippen MR) is 186 cm³/mol. The van der Waals surface area contributed by atoms with Crippen LogP contribution in [0.4, 0.5) is 22.7 Å².